The Balaban J connectivity index is 0.646. The van der Waals surface area contributed by atoms with Gasteiger partial charge in [0.15, 0.2) is 46.6 Å². The van der Waals surface area contributed by atoms with Gasteiger partial charge in [0.05, 0.1) is 33.6 Å². The van der Waals surface area contributed by atoms with Crippen molar-refractivity contribution in [1.29, 1.82) is 0 Å². The number of hydrogen-bond donors (Lipinski definition) is 0. The normalized spacial score (nSPS) is 14.3. The quantitative estimate of drug-likeness (QED) is 0.102. The molecule has 0 N–H and O–H groups in total. The van der Waals surface area contributed by atoms with Crippen LogP contribution >= 0.6 is 0 Å². The summed E-state index contributed by atoms with van der Waals surface area (Å²) in [5.41, 5.74) is 28.5. The molecule has 2 aliphatic carbocycles. The van der Waals surface area contributed by atoms with Gasteiger partial charge in [0.2, 0.25) is 0 Å². The lowest BCUT2D eigenvalue weighted by molar-refractivity contribution is 0.437. The van der Waals surface area contributed by atoms with Gasteiger partial charge in [-0.3, -0.25) is 0 Å². The number of hydrogen-bond acceptors (Lipinski definition) is 12. The Bertz CT molecular complexity index is 7920. The summed E-state index contributed by atoms with van der Waals surface area (Å²) in [6, 6.07) is 152. The third-order valence-electron chi connectivity index (χ3n) is 25.8. The average molecular weight is 1660 g/mol. The Labute approximate surface area is 750 Å². The summed E-state index contributed by atoms with van der Waals surface area (Å²) >= 11 is 0. The van der Waals surface area contributed by atoms with Gasteiger partial charge in [-0.15, -0.1) is 0 Å². The predicted octanol–water partition coefficient (Wildman–Crippen LogP) is 27.9. The molecule has 2 aliphatic heterocycles. The van der Waals surface area contributed by atoms with E-state index in [-0.39, 0.29) is 0 Å². The Morgan fingerprint density at radius 1 is 0.146 bits per heavy atom. The van der Waals surface area contributed by atoms with Crippen molar-refractivity contribution in [3.8, 4) is 204 Å². The molecule has 2 unspecified atom stereocenters. The Morgan fingerprint density at radius 2 is 0.446 bits per heavy atom. The Hall–Kier alpha value is -17.5. The molecular weight excluding hydrogens is 1590 g/mol. The van der Waals surface area contributed by atoms with Crippen LogP contribution in [0.5, 0.6) is 23.0 Å². The van der Waals surface area contributed by atoms with E-state index in [9.17, 15) is 0 Å². The largest absolute Gasteiger partial charge is 0.457 e. The van der Waals surface area contributed by atoms with E-state index in [1.807, 2.05) is 127 Å². The first-order valence-electron chi connectivity index (χ1n) is 43.6. The molecule has 17 aromatic carbocycles. The molecule has 25 rings (SSSR count). The molecule has 0 saturated carbocycles. The first kappa shape index (κ1) is 75.1. The second-order valence-electron chi connectivity index (χ2n) is 33.1. The molecule has 0 fully saturated rings. The van der Waals surface area contributed by atoms with Gasteiger partial charge in [-0.05, 0) is 104 Å². The zero-order chi connectivity index (χ0) is 85.8. The van der Waals surface area contributed by atoms with Crippen LogP contribution in [0.1, 0.15) is 44.5 Å². The Kier molecular flexibility index (Phi) is 17.8. The van der Waals surface area contributed by atoms with E-state index >= 15 is 0 Å². The minimum Gasteiger partial charge on any atom is -0.457 e. The van der Waals surface area contributed by atoms with Gasteiger partial charge < -0.3 is 9.47 Å². The summed E-state index contributed by atoms with van der Waals surface area (Å²) in [6.45, 7) is 0. The highest BCUT2D eigenvalue weighted by Crippen LogP contribution is 2.67. The second kappa shape index (κ2) is 30.7. The average Bonchev–Trinajstić information content (AvgIpc) is 1.50. The van der Waals surface area contributed by atoms with Crippen molar-refractivity contribution >= 4 is 0 Å². The van der Waals surface area contributed by atoms with E-state index < -0.39 is 10.8 Å². The third-order valence-corrected chi connectivity index (χ3v) is 25.8. The zero-order valence-corrected chi connectivity index (χ0v) is 69.9. The van der Waals surface area contributed by atoms with Crippen molar-refractivity contribution in [2.75, 3.05) is 0 Å². The van der Waals surface area contributed by atoms with E-state index in [4.69, 9.17) is 59.3 Å². The molecule has 0 saturated heterocycles. The van der Waals surface area contributed by atoms with Crippen LogP contribution in [-0.2, 0) is 10.8 Å². The molecular formula is C118H72N10O2. The van der Waals surface area contributed by atoms with E-state index in [0.29, 0.717) is 63.8 Å². The number of aromatic nitrogens is 10. The highest BCUT2D eigenvalue weighted by molar-refractivity contribution is 5.98. The standard InChI is InChI=1S/C118H72N10O2/c1-9-32-73(33-10-1)87-52-30-57-98-108(87)130-106-70-86(61-65-96(106)118(98)93-55-28-26-51-90(93)107-91(53-31-56-97(107)118)116-127-112(79-44-21-7-22-45-79)123-113(128-116)80-46-23-8-24-47-80)115-125-111(78-42-19-6-20-43-78)124-114(126-115)85-49-29-48-81(66-85)82-59-63-94-104(68-82)129-105-69-84(103-72-101(75-36-13-3-14-37-75)120-110(122-103)77-40-17-5-18-41-77)60-64-95(105)117(94)92-54-27-25-50-88(92)89-62-58-83(67-99(89)117)102-71-100(74-34-11-2-12-35-74)119-109(121-102)76-38-15-4-16-39-76/h1-72H. The topological polar surface area (TPSA) is 147 Å². The summed E-state index contributed by atoms with van der Waals surface area (Å²) in [5, 5.41) is 0. The zero-order valence-electron chi connectivity index (χ0n) is 69.9. The highest BCUT2D eigenvalue weighted by atomic mass is 16.5. The molecule has 2 atom stereocenters. The van der Waals surface area contributed by atoms with Crippen LogP contribution in [0, 0.1) is 0 Å². The first-order chi connectivity index (χ1) is 64.4. The van der Waals surface area contributed by atoms with E-state index in [0.717, 1.165) is 184 Å². The lowest BCUT2D eigenvalue weighted by Gasteiger charge is -2.40. The lowest BCUT2D eigenvalue weighted by Crippen LogP contribution is -2.32. The SMILES string of the molecule is c1ccc(-c2cc(-c3ccc4c(c3)Oc3cc(-c5cccc(-c6nc(-c7ccccc7)nc(-c7ccc8c(c7)Oc7c(-c9ccccc9)cccc7C87c8ccccc8-c8c(-c9nc(-c%10ccccc%10)nc(-c%10ccccc%10)n9)cccc87)n6)c5)ccc3C43c4ccccc4-c4ccc(-c5cc(-c6ccccc6)nc(-c6ccccc6)n5)cc43)nc(-c3ccccc3)n2)cc1. The molecule has 6 heterocycles. The minimum atomic E-state index is -0.923. The van der Waals surface area contributed by atoms with Crippen molar-refractivity contribution in [2.45, 2.75) is 10.8 Å². The van der Waals surface area contributed by atoms with Gasteiger partial charge in [0.25, 0.3) is 0 Å². The summed E-state index contributed by atoms with van der Waals surface area (Å²) in [4.78, 5) is 53.5. The molecule has 0 amide bonds. The van der Waals surface area contributed by atoms with Crippen molar-refractivity contribution in [1.82, 2.24) is 49.8 Å². The molecule has 0 radical (unpaired) electrons. The smallest absolute Gasteiger partial charge is 0.164 e. The molecule has 130 heavy (non-hydrogen) atoms. The van der Waals surface area contributed by atoms with Gasteiger partial charge in [-0.2, -0.15) is 0 Å². The van der Waals surface area contributed by atoms with Crippen LogP contribution < -0.4 is 9.47 Å². The van der Waals surface area contributed by atoms with Gasteiger partial charge >= 0.3 is 0 Å². The van der Waals surface area contributed by atoms with Crippen LogP contribution in [0.15, 0.2) is 437 Å². The molecule has 4 aromatic heterocycles. The van der Waals surface area contributed by atoms with Gasteiger partial charge in [-0.25, -0.2) is 49.8 Å². The fourth-order valence-corrected chi connectivity index (χ4v) is 19.9. The number of nitrogens with zero attached hydrogens (tertiary/aromatic N) is 10. The number of fused-ring (bicyclic) bond motifs is 18. The maximum atomic E-state index is 7.64. The maximum Gasteiger partial charge on any atom is 0.164 e. The van der Waals surface area contributed by atoms with Crippen molar-refractivity contribution in [3.63, 3.8) is 0 Å². The maximum absolute atomic E-state index is 7.64. The van der Waals surface area contributed by atoms with E-state index in [1.54, 1.807) is 0 Å². The fraction of sp³-hybridized carbons (Fsp3) is 0.0169. The number of ether oxygens (including phenoxy) is 2. The van der Waals surface area contributed by atoms with Crippen LogP contribution in [0.3, 0.4) is 0 Å². The molecule has 21 aromatic rings. The van der Waals surface area contributed by atoms with Crippen molar-refractivity contribution < 1.29 is 9.47 Å². The monoisotopic (exact) mass is 1660 g/mol. The van der Waals surface area contributed by atoms with Crippen molar-refractivity contribution in [2.24, 2.45) is 0 Å². The number of para-hydroxylation sites is 1. The minimum absolute atomic E-state index is 0.470. The summed E-state index contributed by atoms with van der Waals surface area (Å²) in [7, 11) is 0. The summed E-state index contributed by atoms with van der Waals surface area (Å²) < 4.78 is 15.2. The molecule has 12 heteroatoms. The lowest BCUT2D eigenvalue weighted by atomic mass is 9.65. The summed E-state index contributed by atoms with van der Waals surface area (Å²) in [6.07, 6.45) is 0. The fourth-order valence-electron chi connectivity index (χ4n) is 19.9. The molecule has 0 bridgehead atoms. The molecule has 4 aliphatic rings. The Morgan fingerprint density at radius 3 is 0.962 bits per heavy atom. The van der Waals surface area contributed by atoms with E-state index in [2.05, 4.69) is 309 Å². The van der Waals surface area contributed by atoms with Crippen LogP contribution in [0.4, 0.5) is 0 Å². The highest BCUT2D eigenvalue weighted by Gasteiger charge is 2.54. The van der Waals surface area contributed by atoms with Gasteiger partial charge in [0, 0.05) is 94.6 Å². The van der Waals surface area contributed by atoms with Crippen LogP contribution in [0.25, 0.3) is 181 Å². The number of benzene rings is 17. The predicted molar refractivity (Wildman–Crippen MR) is 515 cm³/mol. The van der Waals surface area contributed by atoms with Crippen LogP contribution in [0.2, 0.25) is 0 Å². The molecule has 12 nitrogen and oxygen atoms in total. The van der Waals surface area contributed by atoms with Crippen molar-refractivity contribution in [3.05, 3.63) is 481 Å². The van der Waals surface area contributed by atoms with Crippen LogP contribution in [-0.4, -0.2) is 49.8 Å². The first-order valence-corrected chi connectivity index (χ1v) is 43.6. The summed E-state index contributed by atoms with van der Waals surface area (Å²) in [5.74, 6) is 7.27. The van der Waals surface area contributed by atoms with E-state index in [1.165, 1.54) is 0 Å². The number of rotatable bonds is 14. The van der Waals surface area contributed by atoms with Gasteiger partial charge in [-0.1, -0.05) is 394 Å². The second-order valence-corrected chi connectivity index (χ2v) is 33.1. The third kappa shape index (κ3) is 12.4. The van der Waals surface area contributed by atoms with Gasteiger partial charge in [0.1, 0.15) is 23.0 Å². The molecule has 2 spiro atoms. The molecule has 606 valence electrons.